The van der Waals surface area contributed by atoms with Gasteiger partial charge in [-0.2, -0.15) is 4.31 Å². The van der Waals surface area contributed by atoms with E-state index in [1.807, 2.05) is 18.2 Å². The molecule has 4 rings (SSSR count). The summed E-state index contributed by atoms with van der Waals surface area (Å²) in [5.41, 5.74) is 2.23. The van der Waals surface area contributed by atoms with Gasteiger partial charge in [-0.15, -0.1) is 11.3 Å². The smallest absolute Gasteiger partial charge is 0.213 e. The topological polar surface area (TPSA) is 75.6 Å². The molecule has 29 heavy (non-hydrogen) atoms. The fourth-order valence-electron chi connectivity index (χ4n) is 3.58. The number of benzene rings is 1. The maximum atomic E-state index is 12.2. The van der Waals surface area contributed by atoms with Crippen molar-refractivity contribution in [1.82, 2.24) is 14.3 Å². The van der Waals surface area contributed by atoms with E-state index in [0.717, 1.165) is 27.2 Å². The Balaban J connectivity index is 1.75. The van der Waals surface area contributed by atoms with Crippen LogP contribution in [0.4, 0.5) is 5.82 Å². The van der Waals surface area contributed by atoms with Crippen molar-refractivity contribution in [1.29, 1.82) is 0 Å². The summed E-state index contributed by atoms with van der Waals surface area (Å²) in [6.07, 6.45) is 0. The normalized spacial score (nSPS) is 15.9. The van der Waals surface area contributed by atoms with Crippen LogP contribution in [0.3, 0.4) is 0 Å². The molecule has 0 unspecified atom stereocenters. The molecule has 0 bridgehead atoms. The van der Waals surface area contributed by atoms with Gasteiger partial charge in [-0.05, 0) is 12.5 Å². The van der Waals surface area contributed by atoms with E-state index in [-0.39, 0.29) is 5.75 Å². The van der Waals surface area contributed by atoms with Gasteiger partial charge in [0.05, 0.1) is 11.1 Å². The van der Waals surface area contributed by atoms with Gasteiger partial charge >= 0.3 is 0 Å². The molecule has 0 saturated carbocycles. The molecule has 7 nitrogen and oxygen atoms in total. The van der Waals surface area contributed by atoms with Gasteiger partial charge in [0.25, 0.3) is 0 Å². The SMILES string of the molecule is CCS(=O)(=O)N1CCN(c2nc(COC)nc3scc(-c4ccccc4)c23)CC1. The maximum absolute atomic E-state index is 12.2. The highest BCUT2D eigenvalue weighted by Gasteiger charge is 2.28. The number of sulfonamides is 1. The molecular weight excluding hydrogens is 408 g/mol. The van der Waals surface area contributed by atoms with E-state index in [1.165, 1.54) is 0 Å². The zero-order chi connectivity index (χ0) is 20.4. The van der Waals surface area contributed by atoms with Crippen molar-refractivity contribution < 1.29 is 13.2 Å². The van der Waals surface area contributed by atoms with E-state index < -0.39 is 10.0 Å². The Morgan fingerprint density at radius 1 is 1.10 bits per heavy atom. The van der Waals surface area contributed by atoms with Crippen molar-refractivity contribution in [2.45, 2.75) is 13.5 Å². The summed E-state index contributed by atoms with van der Waals surface area (Å²) in [4.78, 5) is 12.6. The number of ether oxygens (including phenoxy) is 1. The van der Waals surface area contributed by atoms with Crippen LogP contribution < -0.4 is 4.90 Å². The summed E-state index contributed by atoms with van der Waals surface area (Å²) >= 11 is 1.60. The molecule has 0 N–H and O–H groups in total. The number of hydrogen-bond donors (Lipinski definition) is 0. The third kappa shape index (κ3) is 4.00. The lowest BCUT2D eigenvalue weighted by Crippen LogP contribution is -2.49. The molecule has 0 spiro atoms. The molecule has 0 amide bonds. The second kappa shape index (κ2) is 8.35. The maximum Gasteiger partial charge on any atom is 0.213 e. The van der Waals surface area contributed by atoms with E-state index in [4.69, 9.17) is 9.72 Å². The minimum Gasteiger partial charge on any atom is -0.377 e. The van der Waals surface area contributed by atoms with Gasteiger partial charge in [0, 0.05) is 44.2 Å². The monoisotopic (exact) mass is 432 g/mol. The largest absolute Gasteiger partial charge is 0.377 e. The third-order valence-electron chi connectivity index (χ3n) is 5.12. The molecule has 1 fully saturated rings. The number of thiophene rings is 1. The molecule has 0 atom stereocenters. The summed E-state index contributed by atoms with van der Waals surface area (Å²) in [5.74, 6) is 1.63. The Kier molecular flexibility index (Phi) is 5.82. The first-order valence-electron chi connectivity index (χ1n) is 9.58. The zero-order valence-corrected chi connectivity index (χ0v) is 18.2. The van der Waals surface area contributed by atoms with Crippen LogP contribution in [0.15, 0.2) is 35.7 Å². The van der Waals surface area contributed by atoms with Crippen molar-refractivity contribution in [2.24, 2.45) is 0 Å². The summed E-state index contributed by atoms with van der Waals surface area (Å²) in [7, 11) is -1.54. The molecule has 1 aromatic carbocycles. The van der Waals surface area contributed by atoms with Gasteiger partial charge in [-0.1, -0.05) is 30.3 Å². The number of aromatic nitrogens is 2. The minimum atomic E-state index is -3.17. The van der Waals surface area contributed by atoms with Gasteiger partial charge in [-0.3, -0.25) is 0 Å². The van der Waals surface area contributed by atoms with Crippen LogP contribution in [0, 0.1) is 0 Å². The van der Waals surface area contributed by atoms with Crippen molar-refractivity contribution in [2.75, 3.05) is 43.9 Å². The van der Waals surface area contributed by atoms with Gasteiger partial charge < -0.3 is 9.64 Å². The van der Waals surface area contributed by atoms with Gasteiger partial charge in [0.15, 0.2) is 5.82 Å². The van der Waals surface area contributed by atoms with Crippen molar-refractivity contribution in [3.63, 3.8) is 0 Å². The fraction of sp³-hybridized carbons (Fsp3) is 0.400. The highest BCUT2D eigenvalue weighted by Crippen LogP contribution is 2.38. The number of nitrogens with zero attached hydrogens (tertiary/aromatic N) is 4. The van der Waals surface area contributed by atoms with E-state index in [9.17, 15) is 8.42 Å². The Morgan fingerprint density at radius 2 is 1.83 bits per heavy atom. The molecule has 0 radical (unpaired) electrons. The van der Waals surface area contributed by atoms with E-state index in [1.54, 1.807) is 29.7 Å². The van der Waals surface area contributed by atoms with Crippen LogP contribution in [0.2, 0.25) is 0 Å². The Bertz CT molecular complexity index is 1090. The highest BCUT2D eigenvalue weighted by molar-refractivity contribution is 7.89. The summed E-state index contributed by atoms with van der Waals surface area (Å²) in [5, 5.41) is 3.14. The van der Waals surface area contributed by atoms with E-state index in [0.29, 0.717) is 38.6 Å². The first-order valence-corrected chi connectivity index (χ1v) is 12.1. The number of rotatable bonds is 6. The van der Waals surface area contributed by atoms with E-state index >= 15 is 0 Å². The number of methoxy groups -OCH3 is 1. The predicted molar refractivity (Wildman–Crippen MR) is 117 cm³/mol. The van der Waals surface area contributed by atoms with Gasteiger partial charge in [0.1, 0.15) is 17.3 Å². The third-order valence-corrected chi connectivity index (χ3v) is 7.87. The number of fused-ring (bicyclic) bond motifs is 1. The number of hydrogen-bond acceptors (Lipinski definition) is 7. The molecule has 1 aliphatic heterocycles. The average molecular weight is 433 g/mol. The Labute approximate surface area is 175 Å². The van der Waals surface area contributed by atoms with E-state index in [2.05, 4.69) is 27.4 Å². The highest BCUT2D eigenvalue weighted by atomic mass is 32.2. The average Bonchev–Trinajstić information content (AvgIpc) is 3.18. The van der Waals surface area contributed by atoms with Crippen molar-refractivity contribution in [3.8, 4) is 11.1 Å². The standard InChI is InChI=1S/C20H24N4O3S2/c1-3-29(25,26)24-11-9-23(10-12-24)19-18-16(15-7-5-4-6-8-15)14-28-20(18)22-17(21-19)13-27-2/h4-8,14H,3,9-13H2,1-2H3. The van der Waals surface area contributed by atoms with Crippen molar-refractivity contribution in [3.05, 3.63) is 41.5 Å². The van der Waals surface area contributed by atoms with Crippen LogP contribution in [-0.4, -0.2) is 61.7 Å². The minimum absolute atomic E-state index is 0.130. The van der Waals surface area contributed by atoms with Crippen LogP contribution in [0.5, 0.6) is 0 Å². The lowest BCUT2D eigenvalue weighted by molar-refractivity contribution is 0.178. The van der Waals surface area contributed by atoms with Crippen LogP contribution in [0.25, 0.3) is 21.3 Å². The zero-order valence-electron chi connectivity index (χ0n) is 16.5. The second-order valence-corrected chi connectivity index (χ2v) is 9.99. The molecule has 1 aliphatic rings. The van der Waals surface area contributed by atoms with Crippen LogP contribution >= 0.6 is 11.3 Å². The first-order chi connectivity index (χ1) is 14.0. The van der Waals surface area contributed by atoms with Gasteiger partial charge in [0.2, 0.25) is 10.0 Å². The second-order valence-electron chi connectivity index (χ2n) is 6.88. The van der Waals surface area contributed by atoms with Crippen LogP contribution in [0.1, 0.15) is 12.7 Å². The molecule has 3 heterocycles. The molecule has 154 valence electrons. The van der Waals surface area contributed by atoms with Crippen molar-refractivity contribution >= 4 is 37.4 Å². The summed E-state index contributed by atoms with van der Waals surface area (Å²) < 4.78 is 31.3. The molecular formula is C20H24N4O3S2. The van der Waals surface area contributed by atoms with Crippen LogP contribution in [-0.2, 0) is 21.4 Å². The van der Waals surface area contributed by atoms with Gasteiger partial charge in [-0.25, -0.2) is 18.4 Å². The summed E-state index contributed by atoms with van der Waals surface area (Å²) in [6, 6.07) is 10.2. The lowest BCUT2D eigenvalue weighted by atomic mass is 10.1. The molecule has 0 aliphatic carbocycles. The fourth-order valence-corrected chi connectivity index (χ4v) is 5.63. The molecule has 9 heteroatoms. The lowest BCUT2D eigenvalue weighted by Gasteiger charge is -2.35. The molecule has 3 aromatic rings. The first kappa shape index (κ1) is 20.2. The Morgan fingerprint density at radius 3 is 2.48 bits per heavy atom. The summed E-state index contributed by atoms with van der Waals surface area (Å²) in [6.45, 7) is 4.15. The predicted octanol–water partition coefficient (Wildman–Crippen LogP) is 2.98. The number of piperazine rings is 1. The Hall–Kier alpha value is -2.07. The molecule has 2 aromatic heterocycles. The molecule has 1 saturated heterocycles. The number of anilines is 1. The quantitative estimate of drug-likeness (QED) is 0.596.